The van der Waals surface area contributed by atoms with Crippen molar-refractivity contribution < 1.29 is 13.9 Å². The summed E-state index contributed by atoms with van der Waals surface area (Å²) < 4.78 is 18.9. The van der Waals surface area contributed by atoms with Crippen LogP contribution in [0.5, 0.6) is 0 Å². The molecule has 1 aliphatic rings. The van der Waals surface area contributed by atoms with Gasteiger partial charge in [0.2, 0.25) is 5.91 Å². The molecular formula is C18H27FN2O2. The molecule has 1 aromatic rings. The number of benzene rings is 1. The molecule has 128 valence electrons. The summed E-state index contributed by atoms with van der Waals surface area (Å²) in [6, 6.07) is 6.17. The Hall–Kier alpha value is -1.46. The minimum absolute atomic E-state index is 0.0852. The van der Waals surface area contributed by atoms with E-state index in [1.807, 2.05) is 0 Å². The highest BCUT2D eigenvalue weighted by molar-refractivity contribution is 5.78. The molecule has 5 heteroatoms. The number of ether oxygens (including phenoxy) is 1. The topological polar surface area (TPSA) is 41.6 Å². The number of nitrogens with zero attached hydrogens (tertiary/aromatic N) is 1. The summed E-state index contributed by atoms with van der Waals surface area (Å²) in [6.07, 6.45) is 0.589. The molecule has 1 amide bonds. The van der Waals surface area contributed by atoms with E-state index in [1.54, 1.807) is 12.1 Å². The molecule has 2 atom stereocenters. The summed E-state index contributed by atoms with van der Waals surface area (Å²) in [4.78, 5) is 14.5. The maximum absolute atomic E-state index is 13.2. The van der Waals surface area contributed by atoms with Gasteiger partial charge in [0.05, 0.1) is 18.6 Å². The van der Waals surface area contributed by atoms with E-state index in [0.29, 0.717) is 12.1 Å². The summed E-state index contributed by atoms with van der Waals surface area (Å²) in [5, 5.41) is 2.97. The number of nitrogens with one attached hydrogen (secondary N) is 1. The van der Waals surface area contributed by atoms with Crippen LogP contribution in [0.25, 0.3) is 0 Å². The van der Waals surface area contributed by atoms with E-state index in [0.717, 1.165) is 13.1 Å². The first-order valence-corrected chi connectivity index (χ1v) is 8.18. The molecule has 4 nitrogen and oxygen atoms in total. The molecule has 2 rings (SSSR count). The Morgan fingerprint density at radius 3 is 2.61 bits per heavy atom. The predicted molar refractivity (Wildman–Crippen MR) is 88.8 cm³/mol. The lowest BCUT2D eigenvalue weighted by Crippen LogP contribution is -2.58. The number of carbonyl (C=O) groups is 1. The Morgan fingerprint density at radius 2 is 2.00 bits per heavy atom. The number of amides is 1. The van der Waals surface area contributed by atoms with E-state index in [9.17, 15) is 9.18 Å². The van der Waals surface area contributed by atoms with Crippen LogP contribution < -0.4 is 5.32 Å². The molecule has 1 aliphatic heterocycles. The Kier molecular flexibility index (Phi) is 5.76. The summed E-state index contributed by atoms with van der Waals surface area (Å²) in [5.74, 6) is -0.398. The molecule has 23 heavy (non-hydrogen) atoms. The zero-order chi connectivity index (χ0) is 17.0. The fourth-order valence-electron chi connectivity index (χ4n) is 2.99. The van der Waals surface area contributed by atoms with Gasteiger partial charge in [0.25, 0.3) is 0 Å². The molecule has 1 saturated heterocycles. The Morgan fingerprint density at radius 1 is 1.35 bits per heavy atom. The van der Waals surface area contributed by atoms with Crippen molar-refractivity contribution in [2.24, 2.45) is 0 Å². The van der Waals surface area contributed by atoms with Crippen LogP contribution in [-0.2, 0) is 16.0 Å². The van der Waals surface area contributed by atoms with Crippen molar-refractivity contribution in [1.29, 1.82) is 0 Å². The highest BCUT2D eigenvalue weighted by atomic mass is 19.1. The normalized spacial score (nSPS) is 22.8. The van der Waals surface area contributed by atoms with Gasteiger partial charge >= 0.3 is 0 Å². The third-order valence-corrected chi connectivity index (χ3v) is 4.25. The van der Waals surface area contributed by atoms with E-state index >= 15 is 0 Å². The van der Waals surface area contributed by atoms with Crippen molar-refractivity contribution in [2.75, 3.05) is 19.6 Å². The molecule has 1 heterocycles. The Labute approximate surface area is 138 Å². The van der Waals surface area contributed by atoms with Crippen molar-refractivity contribution in [3.8, 4) is 0 Å². The van der Waals surface area contributed by atoms with Crippen LogP contribution >= 0.6 is 0 Å². The second-order valence-electron chi connectivity index (χ2n) is 7.06. The Balaban J connectivity index is 1.87. The van der Waals surface area contributed by atoms with Gasteiger partial charge in [-0.05, 0) is 45.4 Å². The van der Waals surface area contributed by atoms with Crippen LogP contribution in [0.3, 0.4) is 0 Å². The molecule has 0 saturated carbocycles. The number of carbonyl (C=O) groups excluding carboxylic acids is 1. The molecular weight excluding hydrogens is 295 g/mol. The van der Waals surface area contributed by atoms with Gasteiger partial charge in [-0.3, -0.25) is 9.69 Å². The number of hydrogen-bond acceptors (Lipinski definition) is 3. The lowest BCUT2D eigenvalue weighted by atomic mass is 10.00. The lowest BCUT2D eigenvalue weighted by Gasteiger charge is -2.45. The smallest absolute Gasteiger partial charge is 0.224 e. The van der Waals surface area contributed by atoms with Gasteiger partial charge in [0.1, 0.15) is 5.82 Å². The zero-order valence-corrected chi connectivity index (χ0v) is 14.4. The molecule has 0 spiro atoms. The molecule has 1 aromatic carbocycles. The van der Waals surface area contributed by atoms with Gasteiger partial charge in [-0.25, -0.2) is 4.39 Å². The van der Waals surface area contributed by atoms with Crippen molar-refractivity contribution in [1.82, 2.24) is 10.2 Å². The fraction of sp³-hybridized carbons (Fsp3) is 0.611. The van der Waals surface area contributed by atoms with Crippen molar-refractivity contribution in [3.63, 3.8) is 0 Å². The average molecular weight is 322 g/mol. The molecule has 0 aliphatic carbocycles. The van der Waals surface area contributed by atoms with Gasteiger partial charge in [-0.15, -0.1) is 0 Å². The van der Waals surface area contributed by atoms with Crippen LogP contribution in [0.4, 0.5) is 4.39 Å². The van der Waals surface area contributed by atoms with Gasteiger partial charge in [-0.2, -0.15) is 0 Å². The average Bonchev–Trinajstić information content (AvgIpc) is 2.44. The van der Waals surface area contributed by atoms with Gasteiger partial charge in [0, 0.05) is 25.2 Å². The first kappa shape index (κ1) is 17.9. The zero-order valence-electron chi connectivity index (χ0n) is 14.4. The minimum Gasteiger partial charge on any atom is -0.373 e. The lowest BCUT2D eigenvalue weighted by molar-refractivity contribution is -0.122. The number of morpholine rings is 1. The van der Waals surface area contributed by atoms with Crippen molar-refractivity contribution in [3.05, 3.63) is 35.6 Å². The SMILES string of the molecule is C[C@@H]1CN(C(C)(C)CNC(=O)Cc2cccc(F)c2)C[C@H](C)O1. The third-order valence-electron chi connectivity index (χ3n) is 4.25. The fourth-order valence-corrected chi connectivity index (χ4v) is 2.99. The van der Waals surface area contributed by atoms with Crippen LogP contribution in [-0.4, -0.2) is 48.2 Å². The second kappa shape index (κ2) is 7.41. The number of hydrogen-bond donors (Lipinski definition) is 1. The first-order valence-electron chi connectivity index (χ1n) is 8.18. The van der Waals surface area contributed by atoms with Gasteiger partial charge in [0.15, 0.2) is 0 Å². The Bertz CT molecular complexity index is 538. The predicted octanol–water partition coefficient (Wildman–Crippen LogP) is 2.37. The van der Waals surface area contributed by atoms with Gasteiger partial charge < -0.3 is 10.1 Å². The maximum atomic E-state index is 13.2. The van der Waals surface area contributed by atoms with E-state index in [1.165, 1.54) is 12.1 Å². The van der Waals surface area contributed by atoms with Gasteiger partial charge in [-0.1, -0.05) is 12.1 Å². The molecule has 0 aromatic heterocycles. The van der Waals surface area contributed by atoms with Crippen LogP contribution in [0.15, 0.2) is 24.3 Å². The quantitative estimate of drug-likeness (QED) is 0.905. The summed E-state index contributed by atoms with van der Waals surface area (Å²) >= 11 is 0. The molecule has 0 bridgehead atoms. The summed E-state index contributed by atoms with van der Waals surface area (Å²) in [6.45, 7) is 10.7. The first-order chi connectivity index (χ1) is 10.8. The van der Waals surface area contributed by atoms with E-state index in [-0.39, 0.29) is 35.9 Å². The third kappa shape index (κ3) is 5.29. The van der Waals surface area contributed by atoms with Crippen molar-refractivity contribution >= 4 is 5.91 Å². The maximum Gasteiger partial charge on any atom is 0.224 e. The number of halogens is 1. The minimum atomic E-state index is -0.313. The van der Waals surface area contributed by atoms with Crippen LogP contribution in [0, 0.1) is 5.82 Å². The molecule has 0 radical (unpaired) electrons. The summed E-state index contributed by atoms with van der Waals surface area (Å²) in [5.41, 5.74) is 0.540. The largest absolute Gasteiger partial charge is 0.373 e. The molecule has 0 unspecified atom stereocenters. The summed E-state index contributed by atoms with van der Waals surface area (Å²) in [7, 11) is 0. The highest BCUT2D eigenvalue weighted by Gasteiger charge is 2.33. The molecule has 1 fully saturated rings. The monoisotopic (exact) mass is 322 g/mol. The van der Waals surface area contributed by atoms with E-state index in [2.05, 4.69) is 37.9 Å². The highest BCUT2D eigenvalue weighted by Crippen LogP contribution is 2.20. The number of rotatable bonds is 5. The van der Waals surface area contributed by atoms with Crippen LogP contribution in [0.1, 0.15) is 33.3 Å². The van der Waals surface area contributed by atoms with Crippen molar-refractivity contribution in [2.45, 2.75) is 51.9 Å². The van der Waals surface area contributed by atoms with Crippen LogP contribution in [0.2, 0.25) is 0 Å². The van der Waals surface area contributed by atoms with E-state index in [4.69, 9.17) is 4.74 Å². The molecule has 1 N–H and O–H groups in total. The standard InChI is InChI=1S/C18H27FN2O2/c1-13-10-21(11-14(2)23-13)18(3,4)12-20-17(22)9-15-6-5-7-16(19)8-15/h5-8,13-14H,9-12H2,1-4H3,(H,20,22)/t13-,14+. The van der Waals surface area contributed by atoms with E-state index < -0.39 is 0 Å². The second-order valence-corrected chi connectivity index (χ2v) is 7.06.